The number of allylic oxidation sites excluding steroid dienone is 10. The van der Waals surface area contributed by atoms with Crippen molar-refractivity contribution in [3.8, 4) is 0 Å². The fraction of sp³-hybridized carbons (Fsp3) is 0.500. The zero-order chi connectivity index (χ0) is 43.9. The summed E-state index contributed by atoms with van der Waals surface area (Å²) in [5, 5.41) is 0. The zero-order valence-electron chi connectivity index (χ0n) is 40.5. The molecule has 338 valence electrons. The van der Waals surface area contributed by atoms with E-state index in [2.05, 4.69) is 147 Å². The van der Waals surface area contributed by atoms with Crippen LogP contribution in [0.5, 0.6) is 0 Å². The van der Waals surface area contributed by atoms with E-state index in [1.807, 2.05) is 48.5 Å². The molecule has 5 saturated carbocycles. The standard InChI is InChI=1S/C29H37.C16H21.2C7H7.CH2.2ClH.Zr/c1-18-25-22-17-19-13-9-10-14-20(19)24(22)21-15-11-12-16-23(21)29(25,8)28(6,7)27(4,5)26(18,2)3;1-10-2-3-13(4-10)16-14-6-11-5-12(8-14)9-15(16)7-11;2*1-7-5-3-2-4-6-7;;;;/h9-11,13-15,23H,12,16-17H2,1-8H3;3-4,10-12,14-16H,5-9H2,1H3;2*3-6H,1H3;1H2;2*1H;/q4*-1;;;;. The molecule has 0 nitrogen and oxygen atoms in total. The van der Waals surface area contributed by atoms with E-state index in [4.69, 9.17) is 0 Å². The Kier molecular flexibility index (Phi) is 16.9. The third-order valence-electron chi connectivity index (χ3n) is 18.1. The van der Waals surface area contributed by atoms with Gasteiger partial charge in [0.15, 0.2) is 0 Å². The summed E-state index contributed by atoms with van der Waals surface area (Å²) in [5.74, 6) is 8.01. The Morgan fingerprint density at radius 1 is 0.730 bits per heavy atom. The number of aryl methyl sites for hydroxylation is 2. The minimum atomic E-state index is 0. The summed E-state index contributed by atoms with van der Waals surface area (Å²) in [6.45, 7) is 26.7. The molecule has 3 unspecified atom stereocenters. The fourth-order valence-corrected chi connectivity index (χ4v) is 13.8. The van der Waals surface area contributed by atoms with Gasteiger partial charge in [-0.1, -0.05) is 146 Å². The first-order valence-corrected chi connectivity index (χ1v) is 25.4. The molecule has 3 aromatic rings. The second-order valence-corrected chi connectivity index (χ2v) is 21.6. The number of hydrogen-bond donors (Lipinski definition) is 0. The minimum absolute atomic E-state index is 0. The van der Waals surface area contributed by atoms with E-state index in [1.165, 1.54) is 85.0 Å². The maximum atomic E-state index is 3.46. The first-order chi connectivity index (χ1) is 29.1. The number of rotatable bonds is 1. The van der Waals surface area contributed by atoms with Crippen molar-refractivity contribution in [1.82, 2.24) is 0 Å². The quantitative estimate of drug-likeness (QED) is 0.213. The second-order valence-electron chi connectivity index (χ2n) is 21.6. The molecule has 3 aromatic carbocycles. The van der Waals surface area contributed by atoms with Crippen LogP contribution in [0.15, 0.2) is 119 Å². The van der Waals surface area contributed by atoms with Crippen LogP contribution >= 0.6 is 24.8 Å². The van der Waals surface area contributed by atoms with Crippen molar-refractivity contribution in [1.29, 1.82) is 0 Å². The van der Waals surface area contributed by atoms with E-state index < -0.39 is 0 Å². The molecule has 9 aliphatic rings. The van der Waals surface area contributed by atoms with Gasteiger partial charge in [0, 0.05) is 0 Å². The van der Waals surface area contributed by atoms with Crippen LogP contribution in [0, 0.1) is 101 Å². The average molecular weight is 959 g/mol. The molecule has 63 heavy (non-hydrogen) atoms. The first-order valence-electron chi connectivity index (χ1n) is 23.6. The molecule has 0 radical (unpaired) electrons. The molecule has 0 amide bonds. The van der Waals surface area contributed by atoms with E-state index in [0.717, 1.165) is 36.0 Å². The van der Waals surface area contributed by atoms with Gasteiger partial charge in [0.1, 0.15) is 0 Å². The Morgan fingerprint density at radius 2 is 1.27 bits per heavy atom. The van der Waals surface area contributed by atoms with E-state index in [-0.39, 0.29) is 46.5 Å². The van der Waals surface area contributed by atoms with Gasteiger partial charge in [0.2, 0.25) is 0 Å². The molecule has 0 aliphatic heterocycles. The normalized spacial score (nSPS) is 30.9. The molecule has 0 saturated heterocycles. The van der Waals surface area contributed by atoms with Gasteiger partial charge in [-0.25, -0.2) is 12.0 Å². The van der Waals surface area contributed by atoms with E-state index in [1.54, 1.807) is 40.2 Å². The molecular formula is C60H76Cl2Zr-4. The van der Waals surface area contributed by atoms with Crippen molar-refractivity contribution in [2.45, 2.75) is 128 Å². The van der Waals surface area contributed by atoms with Crippen molar-refractivity contribution in [3.63, 3.8) is 0 Å². The van der Waals surface area contributed by atoms with Gasteiger partial charge in [-0.3, -0.25) is 6.08 Å². The number of fused-ring (bicyclic) bond motifs is 6. The van der Waals surface area contributed by atoms with Crippen LogP contribution in [0.4, 0.5) is 0 Å². The fourth-order valence-electron chi connectivity index (χ4n) is 13.8. The second kappa shape index (κ2) is 20.6. The van der Waals surface area contributed by atoms with Crippen LogP contribution in [-0.2, 0) is 30.7 Å². The monoisotopic (exact) mass is 956 g/mol. The molecule has 5 fully saturated rings. The van der Waals surface area contributed by atoms with Gasteiger partial charge < -0.3 is 0 Å². The van der Waals surface area contributed by atoms with Crippen LogP contribution in [0.1, 0.15) is 130 Å². The molecule has 3 atom stereocenters. The predicted octanol–water partition coefficient (Wildman–Crippen LogP) is 16.4. The van der Waals surface area contributed by atoms with Crippen molar-refractivity contribution < 1.29 is 24.2 Å². The number of benzene rings is 3. The van der Waals surface area contributed by atoms with Crippen molar-refractivity contribution in [2.24, 2.45) is 63.1 Å². The topological polar surface area (TPSA) is 0 Å². The van der Waals surface area contributed by atoms with Crippen LogP contribution < -0.4 is 0 Å². The Bertz CT molecular complexity index is 2110. The first kappa shape index (κ1) is 51.5. The van der Waals surface area contributed by atoms with Crippen molar-refractivity contribution in [2.75, 3.05) is 0 Å². The van der Waals surface area contributed by atoms with Crippen molar-refractivity contribution >= 4 is 34.6 Å². The SMILES string of the molecule is CC1[C-]=CC(C2C3CC4CC(C3)CC2C4)=C1.C[C-]1C2=C3Cc4ccccc4C3=C3C=CCCC3C2(C)C(C)(C)C(C)(C)C1(C)C.Cc1cc[c-]cc1.Cc1cc[c-]cc1.Cl.Cl.[CH2]=[Zr]. The Balaban J connectivity index is 0.000000183. The third-order valence-corrected chi connectivity index (χ3v) is 18.1. The van der Waals surface area contributed by atoms with E-state index in [0.29, 0.717) is 11.8 Å². The molecule has 0 aromatic heterocycles. The third kappa shape index (κ3) is 9.31. The van der Waals surface area contributed by atoms with E-state index >= 15 is 0 Å². The van der Waals surface area contributed by atoms with Crippen molar-refractivity contribution in [3.05, 3.63) is 166 Å². The summed E-state index contributed by atoms with van der Waals surface area (Å²) in [5.41, 5.74) is 14.5. The van der Waals surface area contributed by atoms with E-state index in [9.17, 15) is 0 Å². The van der Waals surface area contributed by atoms with Gasteiger partial charge >= 0.3 is 28.4 Å². The number of hydrogen-bond acceptors (Lipinski definition) is 0. The Labute approximate surface area is 412 Å². The molecule has 12 rings (SSSR count). The van der Waals surface area contributed by atoms with Gasteiger partial charge in [0.05, 0.1) is 0 Å². The van der Waals surface area contributed by atoms with Crippen LogP contribution in [0.3, 0.4) is 0 Å². The van der Waals surface area contributed by atoms with Gasteiger partial charge in [-0.05, 0) is 96.3 Å². The van der Waals surface area contributed by atoms with Crippen LogP contribution in [-0.4, -0.2) is 4.21 Å². The maximum absolute atomic E-state index is 3.46. The molecule has 0 N–H and O–H groups in total. The molecule has 0 heterocycles. The molecular weight excluding hydrogens is 883 g/mol. The van der Waals surface area contributed by atoms with Crippen LogP contribution in [0.2, 0.25) is 0 Å². The summed E-state index contributed by atoms with van der Waals surface area (Å²) in [7, 11) is 0. The van der Waals surface area contributed by atoms with Crippen LogP contribution in [0.25, 0.3) is 5.57 Å². The number of halogens is 2. The average Bonchev–Trinajstić information content (AvgIpc) is 3.85. The summed E-state index contributed by atoms with van der Waals surface area (Å²) in [6, 6.07) is 30.8. The molecule has 4 bridgehead atoms. The molecule has 3 heteroatoms. The predicted molar refractivity (Wildman–Crippen MR) is 272 cm³/mol. The molecule has 9 aliphatic carbocycles. The Hall–Kier alpha value is -2.44. The van der Waals surface area contributed by atoms with Gasteiger partial charge in [0.25, 0.3) is 0 Å². The van der Waals surface area contributed by atoms with Gasteiger partial charge in [-0.2, -0.15) is 94.6 Å². The summed E-state index contributed by atoms with van der Waals surface area (Å²) in [4.78, 5) is 0. The molecule has 0 spiro atoms. The zero-order valence-corrected chi connectivity index (χ0v) is 44.6. The summed E-state index contributed by atoms with van der Waals surface area (Å²) >= 11 is 1.30. The summed E-state index contributed by atoms with van der Waals surface area (Å²) < 4.78 is 3.34. The summed E-state index contributed by atoms with van der Waals surface area (Å²) in [6.07, 6.45) is 24.5. The Morgan fingerprint density at radius 3 is 1.76 bits per heavy atom. The van der Waals surface area contributed by atoms with Gasteiger partial charge in [-0.15, -0.1) is 31.7 Å².